The Morgan fingerprint density at radius 1 is 0.966 bits per heavy atom. The molecule has 2 N–H and O–H groups in total. The van der Waals surface area contributed by atoms with E-state index in [1.165, 1.54) is 0 Å². The minimum absolute atomic E-state index is 0. The number of alkyl carbamates (subject to hydrolysis) is 1. The first-order valence-electron chi connectivity index (χ1n) is 8.13. The summed E-state index contributed by atoms with van der Waals surface area (Å²) in [6.45, 7) is -0.0149. The maximum absolute atomic E-state index is 12.1. The van der Waals surface area contributed by atoms with E-state index in [0.717, 1.165) is 5.56 Å². The van der Waals surface area contributed by atoms with Crippen molar-refractivity contribution in [2.45, 2.75) is 19.1 Å². The summed E-state index contributed by atoms with van der Waals surface area (Å²) in [6.07, 6.45) is -1.79. The van der Waals surface area contributed by atoms with Gasteiger partial charge < -0.3 is 29.4 Å². The number of carbonyl (C=O) groups is 2. The third kappa shape index (κ3) is 10.7. The van der Waals surface area contributed by atoms with Crippen LogP contribution < -0.4 is 58.1 Å². The molecule has 1 unspecified atom stereocenters. The molecule has 1 amide bonds. The number of benzene rings is 2. The smallest absolute Gasteiger partial charge is 0.787 e. The second kappa shape index (κ2) is 13.7. The molecule has 144 valence electrons. The first-order valence-corrected chi connectivity index (χ1v) is 9.94. The van der Waals surface area contributed by atoms with E-state index in [1.54, 1.807) is 54.6 Å². The van der Waals surface area contributed by atoms with E-state index in [1.807, 2.05) is 11.2 Å². The molecular weight excluding hydrogens is 385 g/mol. The van der Waals surface area contributed by atoms with Crippen LogP contribution in [-0.4, -0.2) is 24.4 Å². The summed E-state index contributed by atoms with van der Waals surface area (Å²) >= 11 is 0. The molecule has 0 aliphatic heterocycles. The number of carboxylic acid groups (broad SMARTS) is 1. The summed E-state index contributed by atoms with van der Waals surface area (Å²) < 4.78 is 17.0. The van der Waals surface area contributed by atoms with Gasteiger partial charge in [0.15, 0.2) is 0 Å². The number of aliphatic carboxylic acids is 1. The van der Waals surface area contributed by atoms with Crippen molar-refractivity contribution >= 4 is 19.6 Å². The van der Waals surface area contributed by atoms with Crippen molar-refractivity contribution in [1.29, 1.82) is 0 Å². The molecule has 0 heterocycles. The van der Waals surface area contributed by atoms with Gasteiger partial charge in [-0.25, -0.2) is 4.79 Å². The number of hydrogen-bond acceptors (Lipinski definition) is 6. The predicted molar refractivity (Wildman–Crippen MR) is 94.3 cm³/mol. The largest absolute Gasteiger partial charge is 1.00 e. The summed E-state index contributed by atoms with van der Waals surface area (Å²) in [5.41, 5.74) is 1.38. The van der Waals surface area contributed by atoms with E-state index >= 15 is 0 Å². The summed E-state index contributed by atoms with van der Waals surface area (Å²) in [4.78, 5) is 34.9. The van der Waals surface area contributed by atoms with Crippen LogP contribution in [0.3, 0.4) is 0 Å². The zero-order valence-corrected chi connectivity index (χ0v) is 17.3. The van der Waals surface area contributed by atoms with Gasteiger partial charge in [0.05, 0.1) is 25.8 Å². The van der Waals surface area contributed by atoms with Crippen LogP contribution in [-0.2, 0) is 27.1 Å². The Kier molecular flexibility index (Phi) is 13.0. The van der Waals surface area contributed by atoms with Crippen LogP contribution >= 0.6 is 7.52 Å². The molecule has 0 spiro atoms. The standard InChI is InChI=1S/C18H21N2O6P.2Li/c21-17(22)16(11-14-7-3-1-4-8-14)20-27(24,25)13-19-18(23)26-12-15-9-5-2-6-10-15;;/h1-10,16H,11-13H2,(H,19,23)(H,21,22)(H2,20,24,25);;/q;2*+1/p-2/t16-;;/m1../s1. The SMILES string of the molecule is O=C(NCP(=O)([O-])N[C@H](Cc1ccccc1)C(=O)[O-])OCc1ccccc1.[Li+].[Li+]. The molecule has 0 aliphatic rings. The molecule has 0 saturated carbocycles. The fourth-order valence-corrected chi connectivity index (χ4v) is 3.36. The zero-order chi connectivity index (χ0) is 19.7. The molecule has 0 aliphatic carbocycles. The van der Waals surface area contributed by atoms with Gasteiger partial charge in [0, 0.05) is 0 Å². The summed E-state index contributed by atoms with van der Waals surface area (Å²) in [6, 6.07) is 15.9. The predicted octanol–water partition coefficient (Wildman–Crippen LogP) is -5.62. The van der Waals surface area contributed by atoms with Crippen LogP contribution in [0.5, 0.6) is 0 Å². The normalized spacial score (nSPS) is 13.0. The van der Waals surface area contributed by atoms with Gasteiger partial charge >= 0.3 is 43.8 Å². The third-order valence-corrected chi connectivity index (χ3v) is 4.84. The molecule has 2 aromatic rings. The minimum atomic E-state index is -4.42. The van der Waals surface area contributed by atoms with Crippen molar-refractivity contribution < 1.29 is 66.6 Å². The summed E-state index contributed by atoms with van der Waals surface area (Å²) in [5.74, 6) is -1.55. The molecule has 2 aromatic carbocycles. The van der Waals surface area contributed by atoms with Gasteiger partial charge in [0.2, 0.25) is 0 Å². The third-order valence-electron chi connectivity index (χ3n) is 3.56. The van der Waals surface area contributed by atoms with Crippen molar-refractivity contribution in [3.05, 3.63) is 71.8 Å². The maximum Gasteiger partial charge on any atom is 1.00 e. The number of rotatable bonds is 9. The molecule has 0 radical (unpaired) electrons. The average molecular weight is 404 g/mol. The molecule has 8 nitrogen and oxygen atoms in total. The van der Waals surface area contributed by atoms with Crippen LogP contribution in [0.4, 0.5) is 4.79 Å². The number of amides is 1. The number of ether oxygens (including phenoxy) is 1. The van der Waals surface area contributed by atoms with Gasteiger partial charge in [-0.3, -0.25) is 5.09 Å². The maximum atomic E-state index is 12.1. The Bertz CT molecular complexity index is 811. The minimum Gasteiger partial charge on any atom is -0.787 e. The van der Waals surface area contributed by atoms with Crippen molar-refractivity contribution in [1.82, 2.24) is 10.4 Å². The second-order valence-electron chi connectivity index (χ2n) is 5.76. The van der Waals surface area contributed by atoms with E-state index in [-0.39, 0.29) is 50.7 Å². The number of hydrogen-bond donors (Lipinski definition) is 2. The summed E-state index contributed by atoms with van der Waals surface area (Å²) in [5, 5.41) is 15.4. The van der Waals surface area contributed by atoms with E-state index in [4.69, 9.17) is 4.74 Å². The van der Waals surface area contributed by atoms with Gasteiger partial charge in [-0.2, -0.15) is 0 Å². The van der Waals surface area contributed by atoms with Crippen LogP contribution in [0.2, 0.25) is 0 Å². The van der Waals surface area contributed by atoms with Gasteiger partial charge in [-0.1, -0.05) is 60.7 Å². The van der Waals surface area contributed by atoms with E-state index in [9.17, 15) is 24.2 Å². The quantitative estimate of drug-likeness (QED) is 0.315. The first-order chi connectivity index (χ1) is 12.9. The molecule has 0 bridgehead atoms. The fraction of sp³-hybridized carbons (Fsp3) is 0.222. The van der Waals surface area contributed by atoms with Crippen LogP contribution in [0.1, 0.15) is 11.1 Å². The van der Waals surface area contributed by atoms with Crippen LogP contribution in [0.15, 0.2) is 60.7 Å². The van der Waals surface area contributed by atoms with Gasteiger partial charge in [-0.05, 0) is 17.5 Å². The fourth-order valence-electron chi connectivity index (χ4n) is 2.26. The second-order valence-corrected chi connectivity index (χ2v) is 7.68. The average Bonchev–Trinajstić information content (AvgIpc) is 2.66. The molecule has 0 fully saturated rings. The van der Waals surface area contributed by atoms with Gasteiger partial charge in [-0.15, -0.1) is 0 Å². The topological polar surface area (TPSA) is 131 Å². The van der Waals surface area contributed by atoms with Crippen LogP contribution in [0, 0.1) is 0 Å². The van der Waals surface area contributed by atoms with Crippen LogP contribution in [0.25, 0.3) is 0 Å². The monoisotopic (exact) mass is 404 g/mol. The van der Waals surface area contributed by atoms with Crippen molar-refractivity contribution in [2.24, 2.45) is 0 Å². The van der Waals surface area contributed by atoms with Crippen molar-refractivity contribution in [3.8, 4) is 0 Å². The van der Waals surface area contributed by atoms with Gasteiger partial charge in [0.1, 0.15) is 6.61 Å². The van der Waals surface area contributed by atoms with E-state index in [2.05, 4.69) is 5.32 Å². The van der Waals surface area contributed by atoms with Gasteiger partial charge in [0.25, 0.3) is 0 Å². The summed E-state index contributed by atoms with van der Waals surface area (Å²) in [7, 11) is -4.42. The Hall–Kier alpha value is -1.48. The van der Waals surface area contributed by atoms with Crippen molar-refractivity contribution in [2.75, 3.05) is 6.29 Å². The van der Waals surface area contributed by atoms with Crippen molar-refractivity contribution in [3.63, 3.8) is 0 Å². The molecule has 0 saturated heterocycles. The first kappa shape index (κ1) is 27.5. The number of carboxylic acids is 1. The molecular formula is C18H19Li2N2O6P. The van der Waals surface area contributed by atoms with E-state index in [0.29, 0.717) is 5.56 Å². The Balaban J connectivity index is 0.00000392. The molecule has 2 atom stereocenters. The molecule has 2 rings (SSSR count). The Labute approximate surface area is 193 Å². The Morgan fingerprint density at radius 2 is 1.48 bits per heavy atom. The Morgan fingerprint density at radius 3 is 2.00 bits per heavy atom. The number of carbonyl (C=O) groups excluding carboxylic acids is 2. The van der Waals surface area contributed by atoms with E-state index < -0.39 is 31.9 Å². The zero-order valence-electron chi connectivity index (χ0n) is 16.4. The molecule has 0 aromatic heterocycles. The number of nitrogens with one attached hydrogen (secondary N) is 2. The molecule has 29 heavy (non-hydrogen) atoms. The molecule has 11 heteroatoms.